The van der Waals surface area contributed by atoms with E-state index in [4.69, 9.17) is 0 Å². The molecule has 0 bridgehead atoms. The third kappa shape index (κ3) is 4.25. The quantitative estimate of drug-likeness (QED) is 0.295. The first-order chi connectivity index (χ1) is 14.5. The van der Waals surface area contributed by atoms with Crippen LogP contribution in [0.4, 0.5) is 11.4 Å². The van der Waals surface area contributed by atoms with Crippen LogP contribution < -0.4 is 5.32 Å². The van der Waals surface area contributed by atoms with Crippen LogP contribution in [0.5, 0.6) is 0 Å². The number of fused-ring (bicyclic) bond motifs is 1. The van der Waals surface area contributed by atoms with Crippen molar-refractivity contribution in [3.05, 3.63) is 100 Å². The number of non-ortho nitro benzene ring substituents is 1. The van der Waals surface area contributed by atoms with Crippen molar-refractivity contribution in [2.45, 2.75) is 6.92 Å². The van der Waals surface area contributed by atoms with Crippen LogP contribution in [0.1, 0.15) is 11.1 Å². The maximum absolute atomic E-state index is 12.3. The molecular weight excluding hydrogens is 380 g/mol. The average molecular weight is 398 g/mol. The maximum Gasteiger partial charge on any atom is 0.269 e. The number of carbonyl (C=O) groups excluding carboxylic acids is 1. The van der Waals surface area contributed by atoms with E-state index >= 15 is 0 Å². The summed E-state index contributed by atoms with van der Waals surface area (Å²) in [6, 6.07) is 17.4. The van der Waals surface area contributed by atoms with E-state index in [1.165, 1.54) is 18.2 Å². The number of anilines is 1. The molecule has 2 aromatic carbocycles. The van der Waals surface area contributed by atoms with Crippen LogP contribution >= 0.6 is 0 Å². The predicted octanol–water partition coefficient (Wildman–Crippen LogP) is 4.87. The summed E-state index contributed by atoms with van der Waals surface area (Å²) < 4.78 is 1.98. The van der Waals surface area contributed by atoms with Gasteiger partial charge in [0.15, 0.2) is 0 Å². The summed E-state index contributed by atoms with van der Waals surface area (Å²) in [5.41, 5.74) is 5.08. The number of pyridine rings is 1. The fourth-order valence-electron chi connectivity index (χ4n) is 3.06. The van der Waals surface area contributed by atoms with Gasteiger partial charge in [0.05, 0.1) is 10.6 Å². The molecule has 0 spiro atoms. The summed E-state index contributed by atoms with van der Waals surface area (Å²) >= 11 is 0. The highest BCUT2D eigenvalue weighted by molar-refractivity contribution is 6.02. The first kappa shape index (κ1) is 19.1. The number of nitro groups is 1. The summed E-state index contributed by atoms with van der Waals surface area (Å²) in [7, 11) is 0. The second-order valence-corrected chi connectivity index (χ2v) is 6.85. The van der Waals surface area contributed by atoms with Crippen LogP contribution in [0.2, 0.25) is 0 Å². The molecule has 1 N–H and O–H groups in total. The molecule has 0 fully saturated rings. The number of amides is 1. The number of aromatic nitrogens is 2. The van der Waals surface area contributed by atoms with Gasteiger partial charge in [-0.15, -0.1) is 0 Å². The largest absolute Gasteiger partial charge is 0.322 e. The average Bonchev–Trinajstić information content (AvgIpc) is 3.16. The summed E-state index contributed by atoms with van der Waals surface area (Å²) in [6.45, 7) is 2.03. The lowest BCUT2D eigenvalue weighted by Gasteiger charge is -2.04. The van der Waals surface area contributed by atoms with E-state index in [1.807, 2.05) is 54.0 Å². The topological polar surface area (TPSA) is 89.5 Å². The molecule has 30 heavy (non-hydrogen) atoms. The molecule has 148 valence electrons. The molecule has 1 amide bonds. The van der Waals surface area contributed by atoms with Gasteiger partial charge in [-0.3, -0.25) is 14.9 Å². The predicted molar refractivity (Wildman–Crippen MR) is 116 cm³/mol. The number of hydrogen-bond donors (Lipinski definition) is 1. The Hall–Kier alpha value is -4.26. The Labute approximate surface area is 172 Å². The van der Waals surface area contributed by atoms with Gasteiger partial charge in [0, 0.05) is 41.9 Å². The lowest BCUT2D eigenvalue weighted by atomic mass is 10.1. The summed E-state index contributed by atoms with van der Waals surface area (Å²) in [4.78, 5) is 27.1. The van der Waals surface area contributed by atoms with Crippen molar-refractivity contribution in [1.29, 1.82) is 0 Å². The molecule has 0 aliphatic heterocycles. The molecule has 0 radical (unpaired) electrons. The number of benzene rings is 2. The maximum atomic E-state index is 12.3. The molecule has 0 saturated carbocycles. The molecule has 0 aliphatic carbocycles. The highest BCUT2D eigenvalue weighted by Crippen LogP contribution is 2.23. The van der Waals surface area contributed by atoms with Crippen LogP contribution in [0.3, 0.4) is 0 Å². The zero-order valence-corrected chi connectivity index (χ0v) is 16.1. The molecule has 2 aromatic heterocycles. The fraction of sp³-hybridized carbons (Fsp3) is 0.0435. The van der Waals surface area contributed by atoms with Gasteiger partial charge in [-0.2, -0.15) is 0 Å². The van der Waals surface area contributed by atoms with Crippen LogP contribution in [0.25, 0.3) is 23.0 Å². The highest BCUT2D eigenvalue weighted by Gasteiger charge is 2.07. The van der Waals surface area contributed by atoms with Crippen LogP contribution in [-0.4, -0.2) is 20.2 Å². The number of nitro benzene ring substituents is 1. The van der Waals surface area contributed by atoms with Gasteiger partial charge in [0.1, 0.15) is 5.65 Å². The van der Waals surface area contributed by atoms with E-state index in [9.17, 15) is 14.9 Å². The molecule has 0 unspecified atom stereocenters. The van der Waals surface area contributed by atoms with Crippen molar-refractivity contribution >= 4 is 29.0 Å². The number of rotatable bonds is 5. The molecule has 0 saturated heterocycles. The first-order valence-electron chi connectivity index (χ1n) is 9.27. The Balaban J connectivity index is 1.48. The van der Waals surface area contributed by atoms with E-state index in [2.05, 4.69) is 10.3 Å². The monoisotopic (exact) mass is 398 g/mol. The van der Waals surface area contributed by atoms with Gasteiger partial charge in [0.25, 0.3) is 5.69 Å². The summed E-state index contributed by atoms with van der Waals surface area (Å²) in [5.74, 6) is -0.295. The summed E-state index contributed by atoms with van der Waals surface area (Å²) in [5, 5.41) is 13.5. The number of nitrogens with one attached hydrogen (secondary N) is 1. The lowest BCUT2D eigenvalue weighted by Crippen LogP contribution is -2.07. The molecule has 4 aromatic rings. The third-order valence-electron chi connectivity index (χ3n) is 4.56. The van der Waals surface area contributed by atoms with Crippen molar-refractivity contribution in [3.63, 3.8) is 0 Å². The summed E-state index contributed by atoms with van der Waals surface area (Å²) in [6.07, 6.45) is 6.97. The van der Waals surface area contributed by atoms with Gasteiger partial charge >= 0.3 is 0 Å². The zero-order chi connectivity index (χ0) is 21.1. The highest BCUT2D eigenvalue weighted by atomic mass is 16.6. The van der Waals surface area contributed by atoms with Crippen molar-refractivity contribution in [3.8, 4) is 11.3 Å². The SMILES string of the molecule is Cc1ccc2nc(-c3cccc(NC(=O)/C=C/c4ccc([N+](=O)[O-])cc4)c3)cn2c1. The van der Waals surface area contributed by atoms with Gasteiger partial charge in [0.2, 0.25) is 5.91 Å². The third-order valence-corrected chi connectivity index (χ3v) is 4.56. The minimum Gasteiger partial charge on any atom is -0.322 e. The number of carbonyl (C=O) groups is 1. The Kier molecular flexibility index (Phi) is 5.09. The van der Waals surface area contributed by atoms with E-state index in [0.717, 1.165) is 22.5 Å². The van der Waals surface area contributed by atoms with E-state index < -0.39 is 4.92 Å². The molecule has 7 heteroatoms. The minimum atomic E-state index is -0.461. The Morgan fingerprint density at radius 1 is 1.10 bits per heavy atom. The van der Waals surface area contributed by atoms with Crippen molar-refractivity contribution < 1.29 is 9.72 Å². The van der Waals surface area contributed by atoms with Crippen molar-refractivity contribution in [2.24, 2.45) is 0 Å². The fourth-order valence-corrected chi connectivity index (χ4v) is 3.06. The van der Waals surface area contributed by atoms with Crippen molar-refractivity contribution in [2.75, 3.05) is 5.32 Å². The Bertz CT molecular complexity index is 1270. The van der Waals surface area contributed by atoms with Crippen molar-refractivity contribution in [1.82, 2.24) is 9.38 Å². The molecule has 2 heterocycles. The standard InChI is InChI=1S/C23H18N4O3/c1-16-5-11-22-25-21(15-26(22)14-16)18-3-2-4-19(13-18)24-23(28)12-8-17-6-9-20(10-7-17)27(29)30/h2-15H,1H3,(H,24,28)/b12-8+. The second kappa shape index (κ2) is 8.00. The van der Waals surface area contributed by atoms with E-state index in [0.29, 0.717) is 11.3 Å². The normalized spacial score (nSPS) is 11.1. The number of imidazole rings is 1. The van der Waals surface area contributed by atoms with Crippen LogP contribution in [-0.2, 0) is 4.79 Å². The van der Waals surface area contributed by atoms with Crippen LogP contribution in [0, 0.1) is 17.0 Å². The van der Waals surface area contributed by atoms with Gasteiger partial charge in [-0.25, -0.2) is 4.98 Å². The minimum absolute atomic E-state index is 0.00974. The molecule has 7 nitrogen and oxygen atoms in total. The number of hydrogen-bond acceptors (Lipinski definition) is 4. The zero-order valence-electron chi connectivity index (χ0n) is 16.1. The molecule has 4 rings (SSSR count). The van der Waals surface area contributed by atoms with Gasteiger partial charge in [-0.1, -0.05) is 18.2 Å². The van der Waals surface area contributed by atoms with Gasteiger partial charge in [-0.05, 0) is 54.5 Å². The molecule has 0 atom stereocenters. The van der Waals surface area contributed by atoms with Crippen LogP contribution in [0.15, 0.2) is 79.1 Å². The lowest BCUT2D eigenvalue weighted by molar-refractivity contribution is -0.384. The first-order valence-corrected chi connectivity index (χ1v) is 9.27. The second-order valence-electron chi connectivity index (χ2n) is 6.85. The Morgan fingerprint density at radius 2 is 1.90 bits per heavy atom. The van der Waals surface area contributed by atoms with E-state index in [-0.39, 0.29) is 11.6 Å². The molecular formula is C23H18N4O3. The number of nitrogens with zero attached hydrogens (tertiary/aromatic N) is 3. The molecule has 0 aliphatic rings. The van der Waals surface area contributed by atoms with E-state index in [1.54, 1.807) is 24.3 Å². The number of aryl methyl sites for hydroxylation is 1. The Morgan fingerprint density at radius 3 is 2.67 bits per heavy atom. The smallest absolute Gasteiger partial charge is 0.269 e. The van der Waals surface area contributed by atoms with Gasteiger partial charge < -0.3 is 9.72 Å².